The Labute approximate surface area is 182 Å². The molecular formula is C25H28N2O4. The van der Waals surface area contributed by atoms with E-state index in [0.717, 1.165) is 12.0 Å². The number of rotatable bonds is 5. The van der Waals surface area contributed by atoms with Crippen LogP contribution in [0.25, 0.3) is 0 Å². The van der Waals surface area contributed by atoms with Gasteiger partial charge < -0.3 is 19.8 Å². The highest BCUT2D eigenvalue weighted by Crippen LogP contribution is 2.52. The summed E-state index contributed by atoms with van der Waals surface area (Å²) in [4.78, 5) is 14.8. The maximum Gasteiger partial charge on any atom is 0.227 e. The second kappa shape index (κ2) is 8.60. The van der Waals surface area contributed by atoms with Crippen LogP contribution in [-0.4, -0.2) is 41.2 Å². The Morgan fingerprint density at radius 1 is 1.23 bits per heavy atom. The minimum absolute atomic E-state index is 0.0601. The molecule has 2 N–H and O–H groups in total. The van der Waals surface area contributed by atoms with Gasteiger partial charge in [0.15, 0.2) is 0 Å². The molecule has 6 heteroatoms. The molecule has 0 bridgehead atoms. The number of phenolic OH excluding ortho intramolecular Hbond substituents is 1. The van der Waals surface area contributed by atoms with Gasteiger partial charge in [0, 0.05) is 36.6 Å². The molecule has 0 radical (unpaired) electrons. The summed E-state index contributed by atoms with van der Waals surface area (Å²) in [5.41, 5.74) is 0.163. The van der Waals surface area contributed by atoms with Gasteiger partial charge in [0.05, 0.1) is 25.2 Å². The molecule has 1 heterocycles. The number of methoxy groups -OCH3 is 1. The molecule has 4 rings (SSSR count). The van der Waals surface area contributed by atoms with E-state index in [1.165, 1.54) is 0 Å². The largest absolute Gasteiger partial charge is 0.508 e. The second-order valence-corrected chi connectivity index (χ2v) is 8.76. The highest BCUT2D eigenvalue weighted by molar-refractivity contribution is 5.79. The van der Waals surface area contributed by atoms with E-state index in [-0.39, 0.29) is 35.8 Å². The summed E-state index contributed by atoms with van der Waals surface area (Å²) in [7, 11) is 1.59. The number of amides is 1. The summed E-state index contributed by atoms with van der Waals surface area (Å²) in [5, 5.41) is 31.3. The standard InChI is InChI=1S/C25H28N2O4/c1-31-23-9-5-3-7-20(23)25(30)14-17(10-11-26)12-19-15-27(16-21(19)25)24(29)13-18-6-2-4-8-22(18)28/h2-9,17,19,21,28,30H,10,12-16H2,1H3/t17-,19+,21-,25-/m1/s1. The minimum Gasteiger partial charge on any atom is -0.508 e. The van der Waals surface area contributed by atoms with Gasteiger partial charge in [0.2, 0.25) is 5.91 Å². The molecule has 1 aliphatic carbocycles. The fourth-order valence-electron chi connectivity index (χ4n) is 5.49. The van der Waals surface area contributed by atoms with Crippen LogP contribution in [-0.2, 0) is 16.8 Å². The first-order chi connectivity index (χ1) is 15.0. The van der Waals surface area contributed by atoms with Gasteiger partial charge in [-0.05, 0) is 36.8 Å². The van der Waals surface area contributed by atoms with Crippen LogP contribution < -0.4 is 4.74 Å². The lowest BCUT2D eigenvalue weighted by atomic mass is 9.63. The van der Waals surface area contributed by atoms with Crippen LogP contribution in [0.15, 0.2) is 48.5 Å². The molecule has 0 spiro atoms. The fraction of sp³-hybridized carbons (Fsp3) is 0.440. The Kier molecular flexibility index (Phi) is 5.88. The summed E-state index contributed by atoms with van der Waals surface area (Å²) in [5.74, 6) is 0.722. The van der Waals surface area contributed by atoms with Gasteiger partial charge in [-0.25, -0.2) is 0 Å². The first kappa shape index (κ1) is 21.2. The van der Waals surface area contributed by atoms with Gasteiger partial charge in [0.1, 0.15) is 11.5 Å². The van der Waals surface area contributed by atoms with E-state index >= 15 is 0 Å². The number of nitrogens with zero attached hydrogens (tertiary/aromatic N) is 2. The van der Waals surface area contributed by atoms with E-state index in [0.29, 0.717) is 37.2 Å². The number of aliphatic hydroxyl groups is 1. The summed E-state index contributed by atoms with van der Waals surface area (Å²) in [6, 6.07) is 16.6. The zero-order valence-corrected chi connectivity index (χ0v) is 17.7. The van der Waals surface area contributed by atoms with Crippen molar-refractivity contribution >= 4 is 5.91 Å². The van der Waals surface area contributed by atoms with Gasteiger partial charge in [0.25, 0.3) is 0 Å². The highest BCUT2D eigenvalue weighted by Gasteiger charge is 2.53. The van der Waals surface area contributed by atoms with Crippen molar-refractivity contribution < 1.29 is 19.7 Å². The number of likely N-dealkylation sites (tertiary alicyclic amines) is 1. The average molecular weight is 421 g/mol. The molecular weight excluding hydrogens is 392 g/mol. The molecule has 1 aliphatic heterocycles. The van der Waals surface area contributed by atoms with Crippen LogP contribution in [0, 0.1) is 29.1 Å². The Balaban J connectivity index is 1.62. The third-order valence-electron chi connectivity index (χ3n) is 6.93. The zero-order valence-electron chi connectivity index (χ0n) is 17.7. The zero-order chi connectivity index (χ0) is 22.0. The number of carbonyl (C=O) groups excluding carboxylic acids is 1. The number of benzene rings is 2. The third kappa shape index (κ3) is 3.98. The van der Waals surface area contributed by atoms with Crippen LogP contribution in [0.2, 0.25) is 0 Å². The molecule has 1 saturated heterocycles. The maximum atomic E-state index is 13.0. The number of aromatic hydroxyl groups is 1. The molecule has 2 fully saturated rings. The molecule has 6 nitrogen and oxygen atoms in total. The maximum absolute atomic E-state index is 13.0. The Morgan fingerprint density at radius 3 is 2.71 bits per heavy atom. The lowest BCUT2D eigenvalue weighted by molar-refractivity contribution is -0.130. The van der Waals surface area contributed by atoms with E-state index in [9.17, 15) is 20.3 Å². The predicted molar refractivity (Wildman–Crippen MR) is 115 cm³/mol. The quantitative estimate of drug-likeness (QED) is 0.775. The van der Waals surface area contributed by atoms with Crippen LogP contribution in [0.3, 0.4) is 0 Å². The number of phenols is 1. The van der Waals surface area contributed by atoms with Crippen LogP contribution >= 0.6 is 0 Å². The van der Waals surface area contributed by atoms with E-state index < -0.39 is 5.60 Å². The van der Waals surface area contributed by atoms with Gasteiger partial charge >= 0.3 is 0 Å². The van der Waals surface area contributed by atoms with E-state index in [2.05, 4.69) is 6.07 Å². The lowest BCUT2D eigenvalue weighted by Gasteiger charge is -2.45. The summed E-state index contributed by atoms with van der Waals surface area (Å²) in [6.45, 7) is 1.00. The predicted octanol–water partition coefficient (Wildman–Crippen LogP) is 3.23. The number of carbonyl (C=O) groups is 1. The van der Waals surface area contributed by atoms with Crippen molar-refractivity contribution in [3.63, 3.8) is 0 Å². The van der Waals surface area contributed by atoms with E-state index in [1.54, 1.807) is 36.3 Å². The molecule has 2 aliphatic rings. The first-order valence-electron chi connectivity index (χ1n) is 10.7. The fourth-order valence-corrected chi connectivity index (χ4v) is 5.49. The number of hydrogen-bond donors (Lipinski definition) is 2. The van der Waals surface area contributed by atoms with Crippen LogP contribution in [0.5, 0.6) is 11.5 Å². The third-order valence-corrected chi connectivity index (χ3v) is 6.93. The van der Waals surface area contributed by atoms with Crippen LogP contribution in [0.1, 0.15) is 30.4 Å². The topological polar surface area (TPSA) is 93.8 Å². The van der Waals surface area contributed by atoms with Crippen molar-refractivity contribution in [2.24, 2.45) is 17.8 Å². The number of nitriles is 1. The van der Waals surface area contributed by atoms with Gasteiger partial charge in [-0.3, -0.25) is 4.79 Å². The van der Waals surface area contributed by atoms with Gasteiger partial charge in [-0.1, -0.05) is 36.4 Å². The van der Waals surface area contributed by atoms with Gasteiger partial charge in [-0.2, -0.15) is 5.26 Å². The lowest BCUT2D eigenvalue weighted by Crippen LogP contribution is -2.46. The van der Waals surface area contributed by atoms with Crippen molar-refractivity contribution in [3.8, 4) is 17.6 Å². The normalized spacial score (nSPS) is 27.4. The number of ether oxygens (including phenoxy) is 1. The molecule has 0 unspecified atom stereocenters. The van der Waals surface area contributed by atoms with Crippen molar-refractivity contribution in [1.82, 2.24) is 4.90 Å². The number of fused-ring (bicyclic) bond motifs is 1. The second-order valence-electron chi connectivity index (χ2n) is 8.76. The average Bonchev–Trinajstić information content (AvgIpc) is 3.21. The molecule has 1 amide bonds. The molecule has 162 valence electrons. The van der Waals surface area contributed by atoms with Crippen LogP contribution in [0.4, 0.5) is 0 Å². The summed E-state index contributed by atoms with van der Waals surface area (Å²) >= 11 is 0. The molecule has 1 saturated carbocycles. The van der Waals surface area contributed by atoms with E-state index in [1.807, 2.05) is 24.3 Å². The van der Waals surface area contributed by atoms with Crippen molar-refractivity contribution in [2.75, 3.05) is 20.2 Å². The molecule has 31 heavy (non-hydrogen) atoms. The summed E-state index contributed by atoms with van der Waals surface area (Å²) < 4.78 is 5.54. The molecule has 2 aromatic rings. The summed E-state index contributed by atoms with van der Waals surface area (Å²) in [6.07, 6.45) is 1.80. The molecule has 0 aromatic heterocycles. The smallest absolute Gasteiger partial charge is 0.227 e. The van der Waals surface area contributed by atoms with Crippen molar-refractivity contribution in [2.45, 2.75) is 31.3 Å². The first-order valence-corrected chi connectivity index (χ1v) is 10.7. The highest BCUT2D eigenvalue weighted by atomic mass is 16.5. The SMILES string of the molecule is COc1ccccc1[C@]1(O)C[C@H](CC#N)C[C@H]2CN(C(=O)Cc3ccccc3O)C[C@H]21. The van der Waals surface area contributed by atoms with Gasteiger partial charge in [-0.15, -0.1) is 0 Å². The van der Waals surface area contributed by atoms with Crippen molar-refractivity contribution in [3.05, 3.63) is 59.7 Å². The number of hydrogen-bond acceptors (Lipinski definition) is 5. The Hall–Kier alpha value is -3.04. The monoisotopic (exact) mass is 420 g/mol. The Bertz CT molecular complexity index is 1000. The molecule has 4 atom stereocenters. The Morgan fingerprint density at radius 2 is 1.97 bits per heavy atom. The number of para-hydroxylation sites is 2. The van der Waals surface area contributed by atoms with E-state index in [4.69, 9.17) is 4.74 Å². The molecule has 2 aromatic carbocycles. The minimum atomic E-state index is -1.17. The van der Waals surface area contributed by atoms with Crippen molar-refractivity contribution in [1.29, 1.82) is 5.26 Å².